The highest BCUT2D eigenvalue weighted by molar-refractivity contribution is 5.35. The standard InChI is InChI=1S/C72H130O17/c1-3-5-7-9-11-13-15-17-19-21-23-25-27-29-33-88-71-59-67(63-84-53-49-80-45-41-77-39-37-75-35-31-73)57-69(61-71)65-86-55-51-82-47-43-79-44-48-83-52-56-87-66-70-58-68(64-85-54-50-81-46-42-78-40-38-76-36-32-74)60-72(62-70)89-34-30-28-26-24-22-20-18-16-14-12-10-8-6-4-2/h57-62,73-74H,3-56,63-66H2,1-2H3. The maximum Gasteiger partial charge on any atom is 0.120 e. The molecule has 2 aromatic carbocycles. The molecule has 2 aromatic rings. The van der Waals surface area contributed by atoms with Gasteiger partial charge in [-0.3, -0.25) is 0 Å². The van der Waals surface area contributed by atoms with Crippen LogP contribution in [0.5, 0.6) is 11.5 Å². The second-order valence-electron chi connectivity index (χ2n) is 23.0. The summed E-state index contributed by atoms with van der Waals surface area (Å²) in [6.07, 6.45) is 37.2. The van der Waals surface area contributed by atoms with E-state index < -0.39 is 0 Å². The SMILES string of the molecule is CCCCCCCCCCCCCCCCOc1cc(COCCOCCOCCOCCO)cc(COCCOCCOCCOCCOCc2cc(COCCOCCOCCOCCO)cc(OCCCCCCCCCCCCCCCC)c2)c1. The Kier molecular flexibility index (Phi) is 63.3. The van der Waals surface area contributed by atoms with Gasteiger partial charge in [-0.15, -0.1) is 0 Å². The summed E-state index contributed by atoms with van der Waals surface area (Å²) in [6.45, 7) is 17.8. The first-order valence-corrected chi connectivity index (χ1v) is 35.4. The van der Waals surface area contributed by atoms with E-state index in [1.165, 1.54) is 167 Å². The molecule has 0 bridgehead atoms. The van der Waals surface area contributed by atoms with Crippen LogP contribution in [0.2, 0.25) is 0 Å². The molecule has 0 atom stereocenters. The first-order valence-electron chi connectivity index (χ1n) is 35.4. The van der Waals surface area contributed by atoms with E-state index in [0.717, 1.165) is 46.6 Å². The first-order chi connectivity index (χ1) is 44.2. The van der Waals surface area contributed by atoms with E-state index in [2.05, 4.69) is 50.2 Å². The highest BCUT2D eigenvalue weighted by atomic mass is 16.6. The molecule has 0 aromatic heterocycles. The van der Waals surface area contributed by atoms with Gasteiger partial charge in [0, 0.05) is 0 Å². The second-order valence-corrected chi connectivity index (χ2v) is 23.0. The number of benzene rings is 2. The monoisotopic (exact) mass is 1270 g/mol. The fourth-order valence-corrected chi connectivity index (χ4v) is 9.92. The Morgan fingerprint density at radius 1 is 0.202 bits per heavy atom. The summed E-state index contributed by atoms with van der Waals surface area (Å²) >= 11 is 0. The zero-order valence-electron chi connectivity index (χ0n) is 56.5. The maximum atomic E-state index is 8.80. The van der Waals surface area contributed by atoms with Crippen molar-refractivity contribution in [2.45, 2.75) is 220 Å². The van der Waals surface area contributed by atoms with Crippen molar-refractivity contribution < 1.29 is 81.3 Å². The number of unbranched alkanes of at least 4 members (excludes halogenated alkanes) is 26. The van der Waals surface area contributed by atoms with Crippen molar-refractivity contribution in [3.05, 3.63) is 58.7 Å². The van der Waals surface area contributed by atoms with Gasteiger partial charge in [0.25, 0.3) is 0 Å². The lowest BCUT2D eigenvalue weighted by atomic mass is 10.0. The van der Waals surface area contributed by atoms with Crippen LogP contribution in [0.25, 0.3) is 0 Å². The Hall–Kier alpha value is -2.56. The number of aliphatic hydroxyl groups is 2. The molecule has 520 valence electrons. The average Bonchev–Trinajstić information content (AvgIpc) is 3.61. The molecule has 0 spiro atoms. The summed E-state index contributed by atoms with van der Waals surface area (Å²) in [5, 5.41) is 17.6. The average molecular weight is 1270 g/mol. The van der Waals surface area contributed by atoms with Crippen LogP contribution in [-0.2, 0) is 88.0 Å². The maximum absolute atomic E-state index is 8.80. The number of aliphatic hydroxyl groups excluding tert-OH is 2. The lowest BCUT2D eigenvalue weighted by molar-refractivity contribution is -0.0138. The number of hydrogen-bond donors (Lipinski definition) is 2. The molecule has 0 saturated heterocycles. The topological polar surface area (TPSA) is 179 Å². The summed E-state index contributed by atoms with van der Waals surface area (Å²) in [7, 11) is 0. The van der Waals surface area contributed by atoms with E-state index in [1.807, 2.05) is 0 Å². The molecule has 89 heavy (non-hydrogen) atoms. The summed E-state index contributed by atoms with van der Waals surface area (Å²) in [5.74, 6) is 1.68. The molecular formula is C72H130O17. The Morgan fingerprint density at radius 3 is 0.584 bits per heavy atom. The molecule has 17 nitrogen and oxygen atoms in total. The quantitative estimate of drug-likeness (QED) is 0.0597. The van der Waals surface area contributed by atoms with E-state index in [-0.39, 0.29) is 13.2 Å². The van der Waals surface area contributed by atoms with Gasteiger partial charge < -0.3 is 81.3 Å². The smallest absolute Gasteiger partial charge is 0.120 e. The van der Waals surface area contributed by atoms with Crippen LogP contribution in [0.1, 0.15) is 216 Å². The van der Waals surface area contributed by atoms with Crippen molar-refractivity contribution in [3.63, 3.8) is 0 Å². The third-order valence-corrected chi connectivity index (χ3v) is 14.9. The molecule has 0 radical (unpaired) electrons. The largest absolute Gasteiger partial charge is 0.494 e. The lowest BCUT2D eigenvalue weighted by Crippen LogP contribution is -2.13. The van der Waals surface area contributed by atoms with Gasteiger partial charge in [-0.1, -0.05) is 193 Å². The number of hydrogen-bond acceptors (Lipinski definition) is 17. The van der Waals surface area contributed by atoms with Gasteiger partial charge in [0.1, 0.15) is 11.5 Å². The molecule has 0 unspecified atom stereocenters. The molecule has 2 N–H and O–H groups in total. The van der Waals surface area contributed by atoms with Crippen LogP contribution in [0.15, 0.2) is 36.4 Å². The van der Waals surface area contributed by atoms with Gasteiger partial charge in [-0.2, -0.15) is 0 Å². The Balaban J connectivity index is 1.65. The molecule has 0 aliphatic rings. The fourth-order valence-electron chi connectivity index (χ4n) is 9.92. The predicted molar refractivity (Wildman–Crippen MR) is 355 cm³/mol. The van der Waals surface area contributed by atoms with Crippen LogP contribution in [0, 0.1) is 0 Å². The van der Waals surface area contributed by atoms with Crippen molar-refractivity contribution in [1.29, 1.82) is 0 Å². The Labute approximate surface area is 541 Å². The van der Waals surface area contributed by atoms with Crippen molar-refractivity contribution in [2.24, 2.45) is 0 Å². The van der Waals surface area contributed by atoms with E-state index in [1.54, 1.807) is 0 Å². The second kappa shape index (κ2) is 68.3. The molecule has 2 rings (SSSR count). The Morgan fingerprint density at radius 2 is 0.382 bits per heavy atom. The summed E-state index contributed by atoms with van der Waals surface area (Å²) in [6, 6.07) is 12.5. The number of rotatable bonds is 74. The van der Waals surface area contributed by atoms with E-state index in [9.17, 15) is 0 Å². The molecule has 0 aliphatic carbocycles. The Bertz CT molecular complexity index is 1600. The van der Waals surface area contributed by atoms with Crippen LogP contribution >= 0.6 is 0 Å². The van der Waals surface area contributed by atoms with Gasteiger partial charge in [0.05, 0.1) is 198 Å². The molecule has 0 fully saturated rings. The van der Waals surface area contributed by atoms with Crippen molar-refractivity contribution in [3.8, 4) is 11.5 Å². The van der Waals surface area contributed by atoms with Gasteiger partial charge in [0.2, 0.25) is 0 Å². The highest BCUT2D eigenvalue weighted by Gasteiger charge is 2.08. The van der Waals surface area contributed by atoms with E-state index >= 15 is 0 Å². The normalized spacial score (nSPS) is 11.6. The van der Waals surface area contributed by atoms with Crippen molar-refractivity contribution in [1.82, 2.24) is 0 Å². The van der Waals surface area contributed by atoms with Gasteiger partial charge in [-0.25, -0.2) is 0 Å². The van der Waals surface area contributed by atoms with Gasteiger partial charge >= 0.3 is 0 Å². The van der Waals surface area contributed by atoms with Crippen LogP contribution < -0.4 is 9.47 Å². The van der Waals surface area contributed by atoms with Crippen LogP contribution in [-0.4, -0.2) is 182 Å². The third-order valence-electron chi connectivity index (χ3n) is 14.9. The van der Waals surface area contributed by atoms with Gasteiger partial charge in [-0.05, 0) is 59.4 Å². The highest BCUT2D eigenvalue weighted by Crippen LogP contribution is 2.22. The third kappa shape index (κ3) is 57.8. The minimum absolute atomic E-state index is 0.0133. The van der Waals surface area contributed by atoms with Crippen LogP contribution in [0.3, 0.4) is 0 Å². The van der Waals surface area contributed by atoms with Crippen LogP contribution in [0.4, 0.5) is 0 Å². The molecule has 0 saturated carbocycles. The zero-order chi connectivity index (χ0) is 63.3. The fraction of sp³-hybridized carbons (Fsp3) is 0.833. The summed E-state index contributed by atoms with van der Waals surface area (Å²) in [4.78, 5) is 0. The number of ether oxygens (including phenoxy) is 15. The molecule has 17 heteroatoms. The summed E-state index contributed by atoms with van der Waals surface area (Å²) < 4.78 is 86.7. The zero-order valence-corrected chi connectivity index (χ0v) is 56.5. The van der Waals surface area contributed by atoms with Crippen molar-refractivity contribution >= 4 is 0 Å². The molecular weight excluding hydrogens is 1140 g/mol. The van der Waals surface area contributed by atoms with Gasteiger partial charge in [0.15, 0.2) is 0 Å². The minimum atomic E-state index is 0.0133. The lowest BCUT2D eigenvalue weighted by Gasteiger charge is -2.13. The van der Waals surface area contributed by atoms with Crippen molar-refractivity contribution in [2.75, 3.05) is 172 Å². The molecule has 0 aliphatic heterocycles. The molecule has 0 heterocycles. The minimum Gasteiger partial charge on any atom is -0.494 e. The van der Waals surface area contributed by atoms with E-state index in [0.29, 0.717) is 185 Å². The molecule has 0 amide bonds. The predicted octanol–water partition coefficient (Wildman–Crippen LogP) is 14.3. The first kappa shape index (κ1) is 82.5. The summed E-state index contributed by atoms with van der Waals surface area (Å²) in [5.41, 5.74) is 4.12. The van der Waals surface area contributed by atoms with E-state index in [4.69, 9.17) is 81.3 Å².